The molecule has 0 saturated heterocycles. The van der Waals surface area contributed by atoms with Crippen LogP contribution < -0.4 is 4.72 Å². The first kappa shape index (κ1) is 9.95. The van der Waals surface area contributed by atoms with Crippen LogP contribution in [0.4, 0.5) is 0 Å². The molecule has 0 amide bonds. The summed E-state index contributed by atoms with van der Waals surface area (Å²) in [5.74, 6) is 0. The SMILES string of the molecule is COC1CCC(NS(C)(=O)=O)C1. The van der Waals surface area contributed by atoms with Crippen LogP contribution in [0.25, 0.3) is 0 Å². The molecule has 0 aromatic heterocycles. The van der Waals surface area contributed by atoms with Crippen LogP contribution >= 0.6 is 0 Å². The fraction of sp³-hybridized carbons (Fsp3) is 1.00. The quantitative estimate of drug-likeness (QED) is 0.691. The molecule has 1 aliphatic carbocycles. The molecule has 72 valence electrons. The third kappa shape index (κ3) is 3.08. The highest BCUT2D eigenvalue weighted by Crippen LogP contribution is 2.21. The van der Waals surface area contributed by atoms with Crippen molar-refractivity contribution >= 4 is 10.0 Å². The highest BCUT2D eigenvalue weighted by Gasteiger charge is 2.26. The van der Waals surface area contributed by atoms with Crippen molar-refractivity contribution < 1.29 is 13.2 Å². The van der Waals surface area contributed by atoms with E-state index >= 15 is 0 Å². The largest absolute Gasteiger partial charge is 0.381 e. The molecule has 1 rings (SSSR count). The zero-order chi connectivity index (χ0) is 9.19. The lowest BCUT2D eigenvalue weighted by Crippen LogP contribution is -2.32. The number of nitrogens with one attached hydrogen (secondary N) is 1. The Morgan fingerprint density at radius 1 is 1.42 bits per heavy atom. The third-order valence-corrected chi connectivity index (χ3v) is 2.86. The van der Waals surface area contributed by atoms with E-state index in [-0.39, 0.29) is 12.1 Å². The molecule has 1 fully saturated rings. The molecule has 0 aromatic rings. The van der Waals surface area contributed by atoms with E-state index in [0.717, 1.165) is 19.3 Å². The minimum atomic E-state index is -3.04. The summed E-state index contributed by atoms with van der Waals surface area (Å²) in [6.45, 7) is 0. The maximum Gasteiger partial charge on any atom is 0.208 e. The number of hydrogen-bond donors (Lipinski definition) is 1. The topological polar surface area (TPSA) is 55.4 Å². The Labute approximate surface area is 73.3 Å². The van der Waals surface area contributed by atoms with Crippen LogP contribution in [0.1, 0.15) is 19.3 Å². The van der Waals surface area contributed by atoms with E-state index in [2.05, 4.69) is 4.72 Å². The van der Waals surface area contributed by atoms with Crippen molar-refractivity contribution in [2.24, 2.45) is 0 Å². The van der Waals surface area contributed by atoms with E-state index in [1.54, 1.807) is 7.11 Å². The van der Waals surface area contributed by atoms with Gasteiger partial charge in [-0.15, -0.1) is 0 Å². The first-order chi connectivity index (χ1) is 5.51. The van der Waals surface area contributed by atoms with Gasteiger partial charge in [0.15, 0.2) is 0 Å². The molecule has 4 nitrogen and oxygen atoms in total. The summed E-state index contributed by atoms with van der Waals surface area (Å²) in [4.78, 5) is 0. The van der Waals surface area contributed by atoms with Crippen LogP contribution in [0.3, 0.4) is 0 Å². The van der Waals surface area contributed by atoms with Gasteiger partial charge in [0.2, 0.25) is 10.0 Å². The van der Waals surface area contributed by atoms with Gasteiger partial charge in [-0.25, -0.2) is 13.1 Å². The van der Waals surface area contributed by atoms with Crippen molar-refractivity contribution in [2.75, 3.05) is 13.4 Å². The molecule has 1 N–H and O–H groups in total. The smallest absolute Gasteiger partial charge is 0.208 e. The molecule has 2 atom stereocenters. The molecule has 1 saturated carbocycles. The average Bonchev–Trinajstić information content (AvgIpc) is 2.32. The molecule has 5 heteroatoms. The molecule has 0 aromatic carbocycles. The fourth-order valence-corrected chi connectivity index (χ4v) is 2.38. The Bertz CT molecular complexity index is 237. The molecule has 12 heavy (non-hydrogen) atoms. The second-order valence-electron chi connectivity index (χ2n) is 3.26. The highest BCUT2D eigenvalue weighted by atomic mass is 32.2. The zero-order valence-corrected chi connectivity index (χ0v) is 8.23. The molecule has 0 heterocycles. The van der Waals surface area contributed by atoms with Crippen LogP contribution in [-0.2, 0) is 14.8 Å². The van der Waals surface area contributed by atoms with Crippen molar-refractivity contribution in [1.82, 2.24) is 4.72 Å². The maximum atomic E-state index is 10.8. The van der Waals surface area contributed by atoms with Gasteiger partial charge in [0.05, 0.1) is 12.4 Å². The maximum absolute atomic E-state index is 10.8. The predicted molar refractivity (Wildman–Crippen MR) is 46.4 cm³/mol. The van der Waals surface area contributed by atoms with Crippen molar-refractivity contribution in [2.45, 2.75) is 31.4 Å². The lowest BCUT2D eigenvalue weighted by atomic mass is 10.3. The number of hydrogen-bond acceptors (Lipinski definition) is 3. The van der Waals surface area contributed by atoms with E-state index in [1.165, 1.54) is 6.26 Å². The molecule has 0 spiro atoms. The predicted octanol–water partition coefficient (Wildman–Crippen LogP) is 0.103. The van der Waals surface area contributed by atoms with Gasteiger partial charge in [0.25, 0.3) is 0 Å². The Morgan fingerprint density at radius 3 is 2.50 bits per heavy atom. The number of ether oxygens (including phenoxy) is 1. The van der Waals surface area contributed by atoms with Gasteiger partial charge >= 0.3 is 0 Å². The summed E-state index contributed by atoms with van der Waals surface area (Å²) in [6, 6.07) is 0.0740. The summed E-state index contributed by atoms with van der Waals surface area (Å²) < 4.78 is 29.4. The van der Waals surface area contributed by atoms with Crippen LogP contribution in [0.2, 0.25) is 0 Å². The zero-order valence-electron chi connectivity index (χ0n) is 7.41. The second kappa shape index (κ2) is 3.72. The van der Waals surface area contributed by atoms with E-state index in [4.69, 9.17) is 4.74 Å². The number of sulfonamides is 1. The summed E-state index contributed by atoms with van der Waals surface area (Å²) in [6.07, 6.45) is 4.04. The monoisotopic (exact) mass is 193 g/mol. The normalized spacial score (nSPS) is 30.8. The van der Waals surface area contributed by atoms with Gasteiger partial charge in [-0.3, -0.25) is 0 Å². The number of methoxy groups -OCH3 is 1. The van der Waals surface area contributed by atoms with Crippen LogP contribution in [0.5, 0.6) is 0 Å². The third-order valence-electron chi connectivity index (χ3n) is 2.10. The molecule has 1 aliphatic rings. The van der Waals surface area contributed by atoms with Crippen molar-refractivity contribution in [3.8, 4) is 0 Å². The molecular weight excluding hydrogens is 178 g/mol. The second-order valence-corrected chi connectivity index (χ2v) is 5.04. The van der Waals surface area contributed by atoms with E-state index in [0.29, 0.717) is 0 Å². The fourth-order valence-electron chi connectivity index (χ4n) is 1.56. The van der Waals surface area contributed by atoms with E-state index < -0.39 is 10.0 Å². The Hall–Kier alpha value is -0.130. The Balaban J connectivity index is 2.38. The minimum absolute atomic E-state index is 0.0740. The average molecular weight is 193 g/mol. The van der Waals surface area contributed by atoms with Crippen LogP contribution in [0.15, 0.2) is 0 Å². The van der Waals surface area contributed by atoms with E-state index in [1.807, 2.05) is 0 Å². The summed E-state index contributed by atoms with van der Waals surface area (Å²) >= 11 is 0. The lowest BCUT2D eigenvalue weighted by Gasteiger charge is -2.10. The number of rotatable bonds is 3. The van der Waals surface area contributed by atoms with Crippen LogP contribution in [-0.4, -0.2) is 33.9 Å². The molecule has 0 aliphatic heterocycles. The molecular formula is C7H15NO3S. The van der Waals surface area contributed by atoms with Gasteiger partial charge in [0.1, 0.15) is 0 Å². The minimum Gasteiger partial charge on any atom is -0.381 e. The standard InChI is InChI=1S/C7H15NO3S/c1-11-7-4-3-6(5-7)8-12(2,9)10/h6-8H,3-5H2,1-2H3. The molecule has 0 radical (unpaired) electrons. The summed E-state index contributed by atoms with van der Waals surface area (Å²) in [5.41, 5.74) is 0. The van der Waals surface area contributed by atoms with Gasteiger partial charge < -0.3 is 4.74 Å². The summed E-state index contributed by atoms with van der Waals surface area (Å²) in [7, 11) is -1.38. The van der Waals surface area contributed by atoms with Crippen molar-refractivity contribution in [3.05, 3.63) is 0 Å². The molecule has 2 unspecified atom stereocenters. The Morgan fingerprint density at radius 2 is 2.08 bits per heavy atom. The molecule has 0 bridgehead atoms. The van der Waals surface area contributed by atoms with Crippen LogP contribution in [0, 0.1) is 0 Å². The van der Waals surface area contributed by atoms with Gasteiger partial charge in [-0.2, -0.15) is 0 Å². The first-order valence-corrected chi connectivity index (χ1v) is 5.90. The van der Waals surface area contributed by atoms with Crippen molar-refractivity contribution in [3.63, 3.8) is 0 Å². The highest BCUT2D eigenvalue weighted by molar-refractivity contribution is 7.88. The summed E-state index contributed by atoms with van der Waals surface area (Å²) in [5, 5.41) is 0. The van der Waals surface area contributed by atoms with Gasteiger partial charge in [-0.1, -0.05) is 0 Å². The van der Waals surface area contributed by atoms with Gasteiger partial charge in [-0.05, 0) is 19.3 Å². The first-order valence-electron chi connectivity index (χ1n) is 4.01. The lowest BCUT2D eigenvalue weighted by molar-refractivity contribution is 0.107. The van der Waals surface area contributed by atoms with E-state index in [9.17, 15) is 8.42 Å². The van der Waals surface area contributed by atoms with Gasteiger partial charge in [0, 0.05) is 13.2 Å². The van der Waals surface area contributed by atoms with Crippen molar-refractivity contribution in [1.29, 1.82) is 0 Å². The Kier molecular flexibility index (Phi) is 3.09.